The largest absolute Gasteiger partial charge is 0.466 e. The van der Waals surface area contributed by atoms with Crippen molar-refractivity contribution in [1.82, 2.24) is 0 Å². The molecule has 1 unspecified atom stereocenters. The van der Waals surface area contributed by atoms with Gasteiger partial charge in [0.25, 0.3) is 0 Å². The lowest BCUT2D eigenvalue weighted by molar-refractivity contribution is 0.471. The Bertz CT molecular complexity index is 437. The van der Waals surface area contributed by atoms with Gasteiger partial charge in [-0.05, 0) is 31.5 Å². The van der Waals surface area contributed by atoms with Gasteiger partial charge >= 0.3 is 0 Å². The topological polar surface area (TPSA) is 13.1 Å². The van der Waals surface area contributed by atoms with E-state index in [1.54, 1.807) is 0 Å². The van der Waals surface area contributed by atoms with Crippen LogP contribution in [0.5, 0.6) is 0 Å². The van der Waals surface area contributed by atoms with Gasteiger partial charge in [-0.15, -0.1) is 0 Å². The number of hydrogen-bond donors (Lipinski definition) is 0. The molecule has 0 aliphatic heterocycles. The van der Waals surface area contributed by atoms with E-state index in [1.807, 2.05) is 13.0 Å². The van der Waals surface area contributed by atoms with Crippen LogP contribution in [0.15, 0.2) is 40.8 Å². The third-order valence-electron chi connectivity index (χ3n) is 2.77. The average molecular weight is 200 g/mol. The van der Waals surface area contributed by atoms with Gasteiger partial charge in [-0.2, -0.15) is 0 Å². The van der Waals surface area contributed by atoms with Gasteiger partial charge in [-0.25, -0.2) is 0 Å². The lowest BCUT2D eigenvalue weighted by Crippen LogP contribution is -1.93. The van der Waals surface area contributed by atoms with Crippen molar-refractivity contribution < 1.29 is 4.42 Å². The van der Waals surface area contributed by atoms with Crippen LogP contribution in [0.25, 0.3) is 0 Å². The summed E-state index contributed by atoms with van der Waals surface area (Å²) in [7, 11) is 0. The van der Waals surface area contributed by atoms with E-state index in [2.05, 4.69) is 44.2 Å². The summed E-state index contributed by atoms with van der Waals surface area (Å²) in [5, 5.41) is 0. The van der Waals surface area contributed by atoms with Crippen molar-refractivity contribution in [2.45, 2.75) is 26.7 Å². The molecule has 1 aromatic heterocycles. The molecule has 15 heavy (non-hydrogen) atoms. The van der Waals surface area contributed by atoms with Crippen molar-refractivity contribution in [3.8, 4) is 0 Å². The predicted octanol–water partition coefficient (Wildman–Crippen LogP) is 4.05. The fourth-order valence-electron chi connectivity index (χ4n) is 1.71. The van der Waals surface area contributed by atoms with Gasteiger partial charge in [0.2, 0.25) is 0 Å². The minimum absolute atomic E-state index is 0.333. The zero-order chi connectivity index (χ0) is 10.8. The summed E-state index contributed by atoms with van der Waals surface area (Å²) in [5.41, 5.74) is 2.59. The van der Waals surface area contributed by atoms with Crippen LogP contribution in [0.1, 0.15) is 35.5 Å². The Morgan fingerprint density at radius 2 is 1.60 bits per heavy atom. The molecule has 0 bridgehead atoms. The van der Waals surface area contributed by atoms with Gasteiger partial charge in [-0.3, -0.25) is 0 Å². The molecule has 1 atom stereocenters. The molecule has 0 radical (unpaired) electrons. The highest BCUT2D eigenvalue weighted by Gasteiger charge is 2.11. The van der Waals surface area contributed by atoms with E-state index in [0.717, 1.165) is 11.5 Å². The summed E-state index contributed by atoms with van der Waals surface area (Å²) in [6, 6.07) is 12.7. The maximum Gasteiger partial charge on any atom is 0.111 e. The second kappa shape index (κ2) is 3.93. The fraction of sp³-hybridized carbons (Fsp3) is 0.286. The van der Waals surface area contributed by atoms with Gasteiger partial charge < -0.3 is 4.42 Å². The van der Waals surface area contributed by atoms with Crippen LogP contribution in [0, 0.1) is 13.8 Å². The predicted molar refractivity (Wildman–Crippen MR) is 62.1 cm³/mol. The highest BCUT2D eigenvalue weighted by Crippen LogP contribution is 2.25. The summed E-state index contributed by atoms with van der Waals surface area (Å²) in [4.78, 5) is 0. The first kappa shape index (κ1) is 10.0. The second-order valence-electron chi connectivity index (χ2n) is 4.08. The molecule has 0 amide bonds. The molecule has 78 valence electrons. The zero-order valence-corrected chi connectivity index (χ0v) is 9.45. The minimum atomic E-state index is 0.333. The quantitative estimate of drug-likeness (QED) is 0.712. The third kappa shape index (κ3) is 2.12. The van der Waals surface area contributed by atoms with E-state index in [1.165, 1.54) is 11.1 Å². The number of aryl methyl sites for hydroxylation is 2. The van der Waals surface area contributed by atoms with E-state index >= 15 is 0 Å². The lowest BCUT2D eigenvalue weighted by atomic mass is 9.98. The normalized spacial score (nSPS) is 12.7. The maximum absolute atomic E-state index is 5.63. The Kier molecular flexibility index (Phi) is 2.63. The van der Waals surface area contributed by atoms with E-state index in [0.29, 0.717) is 5.92 Å². The summed E-state index contributed by atoms with van der Waals surface area (Å²) < 4.78 is 5.63. The molecule has 1 aromatic carbocycles. The van der Waals surface area contributed by atoms with Gasteiger partial charge in [-0.1, -0.05) is 36.8 Å². The van der Waals surface area contributed by atoms with Crippen LogP contribution in [-0.2, 0) is 0 Å². The van der Waals surface area contributed by atoms with Gasteiger partial charge in [0.05, 0.1) is 0 Å². The van der Waals surface area contributed by atoms with Crippen LogP contribution in [0.4, 0.5) is 0 Å². The van der Waals surface area contributed by atoms with E-state index in [4.69, 9.17) is 4.42 Å². The molecule has 0 saturated heterocycles. The third-order valence-corrected chi connectivity index (χ3v) is 2.77. The molecule has 0 fully saturated rings. The molecule has 0 saturated carbocycles. The molecule has 1 heterocycles. The van der Waals surface area contributed by atoms with Crippen molar-refractivity contribution in [2.24, 2.45) is 0 Å². The Balaban J connectivity index is 2.28. The smallest absolute Gasteiger partial charge is 0.111 e. The molecule has 1 nitrogen and oxygen atoms in total. The molecule has 2 rings (SSSR count). The minimum Gasteiger partial charge on any atom is -0.466 e. The van der Waals surface area contributed by atoms with Crippen molar-refractivity contribution >= 4 is 0 Å². The monoisotopic (exact) mass is 200 g/mol. The Hall–Kier alpha value is -1.50. The highest BCUT2D eigenvalue weighted by atomic mass is 16.3. The molecular formula is C14H16O. The summed E-state index contributed by atoms with van der Waals surface area (Å²) >= 11 is 0. The van der Waals surface area contributed by atoms with Crippen molar-refractivity contribution in [2.75, 3.05) is 0 Å². The van der Waals surface area contributed by atoms with Crippen molar-refractivity contribution in [3.63, 3.8) is 0 Å². The first-order chi connectivity index (χ1) is 7.16. The molecular weight excluding hydrogens is 184 g/mol. The zero-order valence-electron chi connectivity index (χ0n) is 9.45. The molecule has 0 aliphatic carbocycles. The standard InChI is InChI=1S/C14H16O/c1-10-4-7-13(8-5-10)12(3)14-9-6-11(2)15-14/h4-9,12H,1-3H3. The first-order valence-corrected chi connectivity index (χ1v) is 5.29. The van der Waals surface area contributed by atoms with Gasteiger partial charge in [0.1, 0.15) is 11.5 Å². The summed E-state index contributed by atoms with van der Waals surface area (Å²) in [6.45, 7) is 6.25. The number of furan rings is 1. The Morgan fingerprint density at radius 1 is 0.933 bits per heavy atom. The first-order valence-electron chi connectivity index (χ1n) is 5.29. The SMILES string of the molecule is Cc1ccc(C(C)c2ccc(C)o2)cc1. The summed E-state index contributed by atoms with van der Waals surface area (Å²) in [6.07, 6.45) is 0. The number of hydrogen-bond acceptors (Lipinski definition) is 1. The van der Waals surface area contributed by atoms with Crippen LogP contribution >= 0.6 is 0 Å². The molecule has 2 aromatic rings. The molecule has 0 aliphatic rings. The summed E-state index contributed by atoms with van der Waals surface area (Å²) in [5.74, 6) is 2.35. The van der Waals surface area contributed by atoms with Crippen LogP contribution < -0.4 is 0 Å². The van der Waals surface area contributed by atoms with E-state index in [-0.39, 0.29) is 0 Å². The van der Waals surface area contributed by atoms with Gasteiger partial charge in [0, 0.05) is 5.92 Å². The van der Waals surface area contributed by atoms with Crippen LogP contribution in [0.2, 0.25) is 0 Å². The van der Waals surface area contributed by atoms with E-state index in [9.17, 15) is 0 Å². The lowest BCUT2D eigenvalue weighted by Gasteiger charge is -2.09. The molecule has 0 spiro atoms. The highest BCUT2D eigenvalue weighted by molar-refractivity contribution is 5.29. The molecule has 1 heteroatoms. The maximum atomic E-state index is 5.63. The Labute approximate surface area is 90.7 Å². The second-order valence-corrected chi connectivity index (χ2v) is 4.08. The number of rotatable bonds is 2. The molecule has 0 N–H and O–H groups in total. The van der Waals surface area contributed by atoms with E-state index < -0.39 is 0 Å². The number of benzene rings is 1. The van der Waals surface area contributed by atoms with Crippen LogP contribution in [-0.4, -0.2) is 0 Å². The van der Waals surface area contributed by atoms with Crippen molar-refractivity contribution in [3.05, 3.63) is 59.0 Å². The Morgan fingerprint density at radius 3 is 2.13 bits per heavy atom. The fourth-order valence-corrected chi connectivity index (χ4v) is 1.71. The van der Waals surface area contributed by atoms with Gasteiger partial charge in [0.15, 0.2) is 0 Å². The van der Waals surface area contributed by atoms with Crippen molar-refractivity contribution in [1.29, 1.82) is 0 Å². The van der Waals surface area contributed by atoms with Crippen LogP contribution in [0.3, 0.4) is 0 Å². The average Bonchev–Trinajstić information content (AvgIpc) is 2.65.